The fraction of sp³-hybridized carbons (Fsp3) is 0. The van der Waals surface area contributed by atoms with Gasteiger partial charge in [0, 0.05) is 27.9 Å². The van der Waals surface area contributed by atoms with Crippen molar-refractivity contribution in [2.24, 2.45) is 0 Å². The molecular formula is C35H21BN2O2. The van der Waals surface area contributed by atoms with Crippen LogP contribution in [0.5, 0.6) is 0 Å². The molecule has 2 aliphatic rings. The van der Waals surface area contributed by atoms with Crippen molar-refractivity contribution in [2.45, 2.75) is 0 Å². The molecule has 0 saturated heterocycles. The fourth-order valence-electron chi connectivity index (χ4n) is 6.75. The molecule has 1 aromatic heterocycles. The summed E-state index contributed by atoms with van der Waals surface area (Å²) in [6, 6.07) is 43.5. The molecule has 186 valence electrons. The minimum atomic E-state index is -0.0955. The number of carbonyl (C=O) groups excluding carboxylic acids is 1. The van der Waals surface area contributed by atoms with Crippen LogP contribution in [0.1, 0.15) is 0 Å². The lowest BCUT2D eigenvalue weighted by atomic mass is 9.35. The van der Waals surface area contributed by atoms with Crippen molar-refractivity contribution in [3.8, 4) is 0 Å². The summed E-state index contributed by atoms with van der Waals surface area (Å²) in [5.74, 6) is 0. The van der Waals surface area contributed by atoms with Gasteiger partial charge in [0.25, 0.3) is 0 Å². The van der Waals surface area contributed by atoms with E-state index in [2.05, 4.69) is 78.9 Å². The first-order chi connectivity index (χ1) is 19.8. The highest BCUT2D eigenvalue weighted by Crippen LogP contribution is 2.47. The smallest absolute Gasteiger partial charge is 0.338 e. The van der Waals surface area contributed by atoms with Gasteiger partial charge in [0.05, 0.1) is 17.1 Å². The van der Waals surface area contributed by atoms with Gasteiger partial charge in [-0.1, -0.05) is 96.5 Å². The zero-order chi connectivity index (χ0) is 26.4. The van der Waals surface area contributed by atoms with Gasteiger partial charge in [0.2, 0.25) is 6.71 Å². The van der Waals surface area contributed by atoms with E-state index in [0.717, 1.165) is 66.4 Å². The number of hydrogen-bond acceptors (Lipinski definition) is 2. The molecule has 2 amide bonds. The van der Waals surface area contributed by atoms with Gasteiger partial charge in [-0.05, 0) is 46.6 Å². The minimum absolute atomic E-state index is 0.0346. The Hall–Kier alpha value is -5.29. The van der Waals surface area contributed by atoms with E-state index in [1.165, 1.54) is 5.46 Å². The second kappa shape index (κ2) is 7.87. The van der Waals surface area contributed by atoms with Gasteiger partial charge >= 0.3 is 6.03 Å². The van der Waals surface area contributed by atoms with Crippen LogP contribution in [0, 0.1) is 0 Å². The molecule has 7 aromatic rings. The third-order valence-electron chi connectivity index (χ3n) is 8.43. The Morgan fingerprint density at radius 1 is 0.575 bits per heavy atom. The molecule has 0 saturated carbocycles. The lowest BCUT2D eigenvalue weighted by Gasteiger charge is -2.42. The highest BCUT2D eigenvalue weighted by Gasteiger charge is 2.43. The predicted octanol–water partition coefficient (Wildman–Crippen LogP) is 6.98. The van der Waals surface area contributed by atoms with Crippen LogP contribution < -0.4 is 26.2 Å². The lowest BCUT2D eigenvalue weighted by molar-refractivity contribution is 0.255. The van der Waals surface area contributed by atoms with E-state index >= 15 is 0 Å². The third-order valence-corrected chi connectivity index (χ3v) is 8.43. The highest BCUT2D eigenvalue weighted by atomic mass is 16.3. The first-order valence-electron chi connectivity index (χ1n) is 13.5. The zero-order valence-corrected chi connectivity index (χ0v) is 21.4. The van der Waals surface area contributed by atoms with Crippen molar-refractivity contribution in [3.05, 3.63) is 127 Å². The van der Waals surface area contributed by atoms with Crippen LogP contribution in [-0.4, -0.2) is 12.7 Å². The summed E-state index contributed by atoms with van der Waals surface area (Å²) in [4.78, 5) is 18.4. The number of anilines is 4. The quantitative estimate of drug-likeness (QED) is 0.235. The molecule has 6 aromatic carbocycles. The molecule has 0 atom stereocenters. The van der Waals surface area contributed by atoms with E-state index in [0.29, 0.717) is 0 Å². The van der Waals surface area contributed by atoms with E-state index in [9.17, 15) is 4.79 Å². The first-order valence-corrected chi connectivity index (χ1v) is 13.5. The summed E-state index contributed by atoms with van der Waals surface area (Å²) in [5.41, 5.74) is 8.66. The third kappa shape index (κ3) is 2.78. The second-order valence-corrected chi connectivity index (χ2v) is 10.5. The van der Waals surface area contributed by atoms with Crippen LogP contribution >= 0.6 is 0 Å². The number of urea groups is 1. The number of benzene rings is 6. The Balaban J connectivity index is 1.34. The topological polar surface area (TPSA) is 36.7 Å². The first kappa shape index (κ1) is 21.6. The summed E-state index contributed by atoms with van der Waals surface area (Å²) in [6.45, 7) is 0.0346. The molecule has 0 spiro atoms. The van der Waals surface area contributed by atoms with E-state index in [1.54, 1.807) is 0 Å². The van der Waals surface area contributed by atoms with Gasteiger partial charge < -0.3 is 4.42 Å². The van der Waals surface area contributed by atoms with E-state index < -0.39 is 0 Å². The summed E-state index contributed by atoms with van der Waals surface area (Å²) >= 11 is 0. The molecule has 0 aliphatic carbocycles. The van der Waals surface area contributed by atoms with Gasteiger partial charge in [-0.25, -0.2) is 4.79 Å². The summed E-state index contributed by atoms with van der Waals surface area (Å²) in [7, 11) is 0. The molecular weight excluding hydrogens is 491 g/mol. The fourth-order valence-corrected chi connectivity index (χ4v) is 6.75. The maximum absolute atomic E-state index is 14.7. The van der Waals surface area contributed by atoms with Crippen LogP contribution in [0.25, 0.3) is 32.7 Å². The Morgan fingerprint density at radius 3 is 2.27 bits per heavy atom. The number of furan rings is 1. The Morgan fingerprint density at radius 2 is 1.35 bits per heavy atom. The molecule has 40 heavy (non-hydrogen) atoms. The van der Waals surface area contributed by atoms with Gasteiger partial charge in [0.1, 0.15) is 11.2 Å². The molecule has 3 heterocycles. The number of nitrogens with zero attached hydrogens (tertiary/aromatic N) is 2. The van der Waals surface area contributed by atoms with E-state index in [1.807, 2.05) is 58.3 Å². The van der Waals surface area contributed by atoms with Crippen molar-refractivity contribution in [2.75, 3.05) is 9.80 Å². The standard InChI is InChI=1S/C35H21BN2O2/c39-35-37(24-18-19-26-25-12-4-7-16-31(25)40-32(26)21-24)30-15-8-9-22-17-20-28-34(33(22)30)38(35)29-14-6-5-13-27(29)36(28)23-10-2-1-3-11-23/h1-21H. The minimum Gasteiger partial charge on any atom is -0.456 e. The molecule has 4 nitrogen and oxygen atoms in total. The number of fused-ring (bicyclic) bond motifs is 5. The molecule has 0 fully saturated rings. The SMILES string of the molecule is O=C1N(c2ccc3c(c2)oc2ccccc23)c2cccc3ccc4c(c23)N1c1ccccc1B4c1ccccc1. The summed E-state index contributed by atoms with van der Waals surface area (Å²) < 4.78 is 6.21. The summed E-state index contributed by atoms with van der Waals surface area (Å²) in [5, 5.41) is 4.30. The Kier molecular flexibility index (Phi) is 4.25. The molecule has 5 heteroatoms. The average molecular weight is 512 g/mol. The van der Waals surface area contributed by atoms with Crippen LogP contribution in [0.4, 0.5) is 27.5 Å². The molecule has 0 radical (unpaired) electrons. The van der Waals surface area contributed by atoms with Crippen molar-refractivity contribution in [3.63, 3.8) is 0 Å². The summed E-state index contributed by atoms with van der Waals surface area (Å²) in [6.07, 6.45) is 0. The average Bonchev–Trinajstić information content (AvgIpc) is 3.38. The maximum Gasteiger partial charge on any atom is 0.338 e. The molecule has 0 unspecified atom stereocenters. The van der Waals surface area contributed by atoms with E-state index in [-0.39, 0.29) is 12.7 Å². The van der Waals surface area contributed by atoms with Crippen molar-refractivity contribution >= 4 is 84.6 Å². The monoisotopic (exact) mass is 512 g/mol. The molecule has 9 rings (SSSR count). The predicted molar refractivity (Wildman–Crippen MR) is 165 cm³/mol. The zero-order valence-electron chi connectivity index (χ0n) is 21.4. The Bertz CT molecular complexity index is 2170. The normalized spacial score (nSPS) is 13.9. The molecule has 0 N–H and O–H groups in total. The van der Waals surface area contributed by atoms with Crippen LogP contribution in [0.3, 0.4) is 0 Å². The largest absolute Gasteiger partial charge is 0.456 e. The Labute approximate surface area is 230 Å². The highest BCUT2D eigenvalue weighted by molar-refractivity contribution is 6.98. The lowest BCUT2D eigenvalue weighted by Crippen LogP contribution is -2.60. The number of carbonyl (C=O) groups is 1. The van der Waals surface area contributed by atoms with E-state index in [4.69, 9.17) is 4.42 Å². The van der Waals surface area contributed by atoms with Crippen LogP contribution in [0.2, 0.25) is 0 Å². The van der Waals surface area contributed by atoms with Gasteiger partial charge in [-0.15, -0.1) is 0 Å². The van der Waals surface area contributed by atoms with Gasteiger partial charge in [-0.3, -0.25) is 9.80 Å². The number of amides is 2. The van der Waals surface area contributed by atoms with Gasteiger partial charge in [0.15, 0.2) is 0 Å². The van der Waals surface area contributed by atoms with Gasteiger partial charge in [-0.2, -0.15) is 0 Å². The second-order valence-electron chi connectivity index (χ2n) is 10.5. The number of rotatable bonds is 2. The van der Waals surface area contributed by atoms with Crippen LogP contribution in [-0.2, 0) is 0 Å². The van der Waals surface area contributed by atoms with Crippen molar-refractivity contribution in [1.29, 1.82) is 0 Å². The van der Waals surface area contributed by atoms with Crippen LogP contribution in [0.15, 0.2) is 132 Å². The molecule has 0 bridgehead atoms. The number of para-hydroxylation sites is 2. The maximum atomic E-state index is 14.7. The van der Waals surface area contributed by atoms with Crippen molar-refractivity contribution in [1.82, 2.24) is 0 Å². The number of hydrogen-bond donors (Lipinski definition) is 0. The molecule has 2 aliphatic heterocycles. The van der Waals surface area contributed by atoms with Crippen molar-refractivity contribution < 1.29 is 9.21 Å².